The van der Waals surface area contributed by atoms with Gasteiger partial charge in [-0.1, -0.05) is 26.0 Å². The Bertz CT molecular complexity index is 106. The molecule has 0 aromatic carbocycles. The lowest BCUT2D eigenvalue weighted by molar-refractivity contribution is 1.12. The normalized spacial score (nSPS) is 17.6. The molecule has 0 aliphatic carbocycles. The molecule has 0 rings (SSSR count). The van der Waals surface area contributed by atoms with Gasteiger partial charge in [0.05, 0.1) is 4.08 Å². The van der Waals surface area contributed by atoms with Crippen LogP contribution in [0.25, 0.3) is 0 Å². The molecule has 0 aromatic rings. The summed E-state index contributed by atoms with van der Waals surface area (Å²) in [6.07, 6.45) is 5.42. The molecule has 0 nitrogen and oxygen atoms in total. The molecule has 1 atom stereocenters. The number of allylic oxidation sites excluding steroid dienone is 1. The molecular weight excluding hydrogens is 160 g/mol. The van der Waals surface area contributed by atoms with Crippen molar-refractivity contribution in [2.24, 2.45) is 0 Å². The van der Waals surface area contributed by atoms with E-state index < -0.39 is 0 Å². The van der Waals surface area contributed by atoms with Crippen LogP contribution in [0.15, 0.2) is 12.2 Å². The topological polar surface area (TPSA) is 0 Å². The van der Waals surface area contributed by atoms with Gasteiger partial charge in [-0.3, -0.25) is 0 Å². The summed E-state index contributed by atoms with van der Waals surface area (Å²) in [6.45, 7) is 6.41. The molecule has 60 valence electrons. The van der Waals surface area contributed by atoms with Crippen molar-refractivity contribution in [3.8, 4) is 0 Å². The SMILES string of the molecule is CC/C=C/C(C)(S)SCC. The molecule has 0 aromatic heterocycles. The van der Waals surface area contributed by atoms with Crippen LogP contribution in [0.5, 0.6) is 0 Å². The van der Waals surface area contributed by atoms with Gasteiger partial charge >= 0.3 is 0 Å². The maximum Gasteiger partial charge on any atom is 0.0734 e. The Hall–Kier alpha value is 0.440. The van der Waals surface area contributed by atoms with E-state index in [1.807, 2.05) is 11.8 Å². The summed E-state index contributed by atoms with van der Waals surface area (Å²) < 4.78 is 0.0325. The van der Waals surface area contributed by atoms with Crippen LogP contribution in [0.3, 0.4) is 0 Å². The van der Waals surface area contributed by atoms with Gasteiger partial charge in [0.1, 0.15) is 0 Å². The van der Waals surface area contributed by atoms with Crippen LogP contribution in [0.1, 0.15) is 27.2 Å². The van der Waals surface area contributed by atoms with Gasteiger partial charge in [-0.05, 0) is 19.1 Å². The fourth-order valence-electron chi connectivity index (χ4n) is 0.677. The Morgan fingerprint density at radius 1 is 1.50 bits per heavy atom. The van der Waals surface area contributed by atoms with Crippen LogP contribution in [0, 0.1) is 0 Å². The summed E-state index contributed by atoms with van der Waals surface area (Å²) in [5.41, 5.74) is 0. The second-order valence-corrected chi connectivity index (χ2v) is 5.24. The van der Waals surface area contributed by atoms with E-state index in [9.17, 15) is 0 Å². The highest BCUT2D eigenvalue weighted by molar-refractivity contribution is 8.11. The van der Waals surface area contributed by atoms with Gasteiger partial charge in [-0.2, -0.15) is 12.6 Å². The highest BCUT2D eigenvalue weighted by atomic mass is 32.2. The van der Waals surface area contributed by atoms with Gasteiger partial charge in [0, 0.05) is 0 Å². The number of hydrogen-bond donors (Lipinski definition) is 1. The summed E-state index contributed by atoms with van der Waals surface area (Å²) in [4.78, 5) is 0. The van der Waals surface area contributed by atoms with Gasteiger partial charge < -0.3 is 0 Å². The van der Waals surface area contributed by atoms with Crippen molar-refractivity contribution in [3.05, 3.63) is 12.2 Å². The largest absolute Gasteiger partial charge is 0.158 e. The first-order chi connectivity index (χ1) is 4.62. The van der Waals surface area contributed by atoms with Crippen LogP contribution in [0.2, 0.25) is 0 Å². The lowest BCUT2D eigenvalue weighted by atomic mass is 10.3. The molecule has 0 N–H and O–H groups in total. The Labute approximate surface area is 73.9 Å². The molecule has 0 aliphatic heterocycles. The predicted molar refractivity (Wildman–Crippen MR) is 55.0 cm³/mol. The molecule has 0 saturated carbocycles. The second kappa shape index (κ2) is 5.14. The summed E-state index contributed by atoms with van der Waals surface area (Å²) in [5.74, 6) is 1.12. The Morgan fingerprint density at radius 2 is 2.10 bits per heavy atom. The van der Waals surface area contributed by atoms with E-state index in [-0.39, 0.29) is 4.08 Å². The van der Waals surface area contributed by atoms with E-state index in [1.54, 1.807) is 0 Å². The zero-order valence-corrected chi connectivity index (χ0v) is 8.64. The van der Waals surface area contributed by atoms with Crippen LogP contribution in [-0.4, -0.2) is 9.83 Å². The molecule has 0 amide bonds. The van der Waals surface area contributed by atoms with Gasteiger partial charge in [-0.25, -0.2) is 0 Å². The van der Waals surface area contributed by atoms with Gasteiger partial charge in [-0.15, -0.1) is 11.8 Å². The second-order valence-electron chi connectivity index (χ2n) is 2.30. The molecule has 1 unspecified atom stereocenters. The average Bonchev–Trinajstić information content (AvgIpc) is 1.84. The van der Waals surface area contributed by atoms with Crippen molar-refractivity contribution >= 4 is 24.4 Å². The van der Waals surface area contributed by atoms with Crippen molar-refractivity contribution in [1.82, 2.24) is 0 Å². The third-order valence-corrected chi connectivity index (χ3v) is 2.64. The number of thioether (sulfide) groups is 1. The van der Waals surface area contributed by atoms with Crippen molar-refractivity contribution in [2.75, 3.05) is 5.75 Å². The van der Waals surface area contributed by atoms with Crippen molar-refractivity contribution in [1.29, 1.82) is 0 Å². The summed E-state index contributed by atoms with van der Waals surface area (Å²) in [6, 6.07) is 0. The molecule has 10 heavy (non-hydrogen) atoms. The standard InChI is InChI=1S/C8H16S2/c1-4-6-7-8(3,9)10-5-2/h6-7,9H,4-5H2,1-3H3/b7-6+. The fourth-order valence-corrected chi connectivity index (χ4v) is 1.95. The Kier molecular flexibility index (Phi) is 5.36. The van der Waals surface area contributed by atoms with Crippen LogP contribution >= 0.6 is 24.4 Å². The molecule has 0 aliphatic rings. The molecule has 0 fully saturated rings. The maximum atomic E-state index is 4.48. The first-order valence-electron chi connectivity index (χ1n) is 3.66. The first-order valence-corrected chi connectivity index (χ1v) is 5.09. The van der Waals surface area contributed by atoms with Crippen LogP contribution in [-0.2, 0) is 0 Å². The van der Waals surface area contributed by atoms with Gasteiger partial charge in [0.15, 0.2) is 0 Å². The third-order valence-electron chi connectivity index (χ3n) is 1.10. The van der Waals surface area contributed by atoms with Gasteiger partial charge in [0.25, 0.3) is 0 Å². The van der Waals surface area contributed by atoms with E-state index in [2.05, 4.69) is 45.6 Å². The Morgan fingerprint density at radius 3 is 2.50 bits per heavy atom. The zero-order chi connectivity index (χ0) is 8.04. The van der Waals surface area contributed by atoms with E-state index in [0.717, 1.165) is 12.2 Å². The number of thiol groups is 1. The van der Waals surface area contributed by atoms with Crippen molar-refractivity contribution < 1.29 is 0 Å². The summed E-state index contributed by atoms with van der Waals surface area (Å²) in [7, 11) is 0. The zero-order valence-electron chi connectivity index (χ0n) is 6.92. The summed E-state index contributed by atoms with van der Waals surface area (Å²) >= 11 is 6.33. The third kappa shape index (κ3) is 5.24. The highest BCUT2D eigenvalue weighted by Crippen LogP contribution is 2.30. The molecule has 2 heteroatoms. The van der Waals surface area contributed by atoms with E-state index in [1.165, 1.54) is 0 Å². The molecule has 0 radical (unpaired) electrons. The fraction of sp³-hybridized carbons (Fsp3) is 0.750. The molecule has 0 saturated heterocycles. The van der Waals surface area contributed by atoms with Crippen molar-refractivity contribution in [3.63, 3.8) is 0 Å². The minimum absolute atomic E-state index is 0.0325. The van der Waals surface area contributed by atoms with E-state index >= 15 is 0 Å². The number of rotatable bonds is 4. The lowest BCUT2D eigenvalue weighted by Crippen LogP contribution is -2.06. The van der Waals surface area contributed by atoms with Crippen LogP contribution in [0.4, 0.5) is 0 Å². The van der Waals surface area contributed by atoms with Crippen molar-refractivity contribution in [2.45, 2.75) is 31.3 Å². The molecule has 0 heterocycles. The Balaban J connectivity index is 3.73. The summed E-state index contributed by atoms with van der Waals surface area (Å²) in [5, 5.41) is 0. The molecular formula is C8H16S2. The van der Waals surface area contributed by atoms with E-state index in [0.29, 0.717) is 0 Å². The predicted octanol–water partition coefficient (Wildman–Crippen LogP) is 3.35. The molecule has 0 spiro atoms. The minimum atomic E-state index is 0.0325. The number of hydrogen-bond acceptors (Lipinski definition) is 2. The minimum Gasteiger partial charge on any atom is -0.158 e. The first kappa shape index (κ1) is 10.4. The average molecular weight is 176 g/mol. The maximum absolute atomic E-state index is 4.48. The van der Waals surface area contributed by atoms with Crippen LogP contribution < -0.4 is 0 Å². The molecule has 0 bridgehead atoms. The van der Waals surface area contributed by atoms with Gasteiger partial charge in [0.2, 0.25) is 0 Å². The van der Waals surface area contributed by atoms with E-state index in [4.69, 9.17) is 0 Å². The lowest BCUT2D eigenvalue weighted by Gasteiger charge is -2.16. The smallest absolute Gasteiger partial charge is 0.0734 e. The highest BCUT2D eigenvalue weighted by Gasteiger charge is 2.12. The monoisotopic (exact) mass is 176 g/mol. The quantitative estimate of drug-likeness (QED) is 0.389.